The van der Waals surface area contributed by atoms with Gasteiger partial charge in [-0.2, -0.15) is 4.80 Å². The van der Waals surface area contributed by atoms with Crippen LogP contribution in [0.3, 0.4) is 0 Å². The van der Waals surface area contributed by atoms with Gasteiger partial charge in [-0.1, -0.05) is 0 Å². The number of amides is 1. The molecule has 1 aliphatic rings. The number of rotatable bonds is 3. The van der Waals surface area contributed by atoms with Crippen molar-refractivity contribution < 1.29 is 14.3 Å². The van der Waals surface area contributed by atoms with Crippen molar-refractivity contribution in [2.75, 3.05) is 12.0 Å². The topological polar surface area (TPSA) is 90.2 Å². The molecule has 1 aromatic carbocycles. The third-order valence-corrected chi connectivity index (χ3v) is 3.03. The van der Waals surface area contributed by atoms with Crippen LogP contribution < -0.4 is 9.64 Å². The highest BCUT2D eigenvalue weighted by Crippen LogP contribution is 2.32. The van der Waals surface area contributed by atoms with E-state index < -0.39 is 11.7 Å². The number of ether oxygens (including phenoxy) is 1. The van der Waals surface area contributed by atoms with Gasteiger partial charge in [0.2, 0.25) is 0 Å². The summed E-state index contributed by atoms with van der Waals surface area (Å²) in [6.45, 7) is 0.109. The van der Waals surface area contributed by atoms with Gasteiger partial charge < -0.3 is 4.74 Å². The second-order valence-electron chi connectivity index (χ2n) is 4.30. The highest BCUT2D eigenvalue weighted by molar-refractivity contribution is 6.52. The fourth-order valence-corrected chi connectivity index (χ4v) is 2.09. The Morgan fingerprint density at radius 1 is 1.30 bits per heavy atom. The van der Waals surface area contributed by atoms with E-state index in [1.54, 1.807) is 25.2 Å². The summed E-state index contributed by atoms with van der Waals surface area (Å²) in [6.07, 6.45) is 0. The number of methoxy groups -OCH3 is 1. The third kappa shape index (κ3) is 1.81. The first-order valence-electron chi connectivity index (χ1n) is 5.87. The van der Waals surface area contributed by atoms with Crippen LogP contribution in [0.1, 0.15) is 16.2 Å². The van der Waals surface area contributed by atoms with Crippen LogP contribution in [0.2, 0.25) is 0 Å². The van der Waals surface area contributed by atoms with E-state index in [0.29, 0.717) is 22.8 Å². The lowest BCUT2D eigenvalue weighted by molar-refractivity contribution is -0.114. The Morgan fingerprint density at radius 3 is 2.75 bits per heavy atom. The number of aryl methyl sites for hydroxylation is 1. The van der Waals surface area contributed by atoms with Crippen LogP contribution in [-0.2, 0) is 18.4 Å². The van der Waals surface area contributed by atoms with Gasteiger partial charge in [0, 0.05) is 0 Å². The molecule has 2 heterocycles. The summed E-state index contributed by atoms with van der Waals surface area (Å²) in [6, 6.07) is 4.93. The van der Waals surface area contributed by atoms with Crippen LogP contribution in [0.25, 0.3) is 0 Å². The lowest BCUT2D eigenvalue weighted by Gasteiger charge is -2.14. The number of tetrazole rings is 1. The quantitative estimate of drug-likeness (QED) is 0.728. The summed E-state index contributed by atoms with van der Waals surface area (Å²) in [4.78, 5) is 26.6. The fourth-order valence-electron chi connectivity index (χ4n) is 2.09. The smallest absolute Gasteiger partial charge is 0.299 e. The standard InChI is InChI=1S/C12H11N5O3/c1-16-14-10(13-15-16)6-17-9-4-3-7(20-2)5-8(9)11(18)12(17)19/h3-5H,6H2,1-2H3. The predicted molar refractivity (Wildman–Crippen MR) is 67.3 cm³/mol. The molecule has 0 N–H and O–H groups in total. The molecule has 0 bridgehead atoms. The van der Waals surface area contributed by atoms with Gasteiger partial charge in [-0.25, -0.2) is 0 Å². The monoisotopic (exact) mass is 273 g/mol. The molecular formula is C12H11N5O3. The van der Waals surface area contributed by atoms with Gasteiger partial charge in [-0.05, 0) is 23.4 Å². The summed E-state index contributed by atoms with van der Waals surface area (Å²) in [7, 11) is 3.14. The molecule has 0 unspecified atom stereocenters. The summed E-state index contributed by atoms with van der Waals surface area (Å²) in [5.41, 5.74) is 0.867. The first-order chi connectivity index (χ1) is 9.60. The summed E-state index contributed by atoms with van der Waals surface area (Å²) < 4.78 is 5.06. The van der Waals surface area contributed by atoms with E-state index in [2.05, 4.69) is 15.4 Å². The number of carbonyl (C=O) groups excluding carboxylic acids is 2. The Hall–Kier alpha value is -2.77. The van der Waals surface area contributed by atoms with Crippen molar-refractivity contribution in [1.29, 1.82) is 0 Å². The average Bonchev–Trinajstić information content (AvgIpc) is 2.96. The van der Waals surface area contributed by atoms with Crippen LogP contribution in [0.5, 0.6) is 5.75 Å². The van der Waals surface area contributed by atoms with Crippen molar-refractivity contribution in [3.63, 3.8) is 0 Å². The number of aromatic nitrogens is 4. The largest absolute Gasteiger partial charge is 0.497 e. The molecule has 0 atom stereocenters. The maximum absolute atomic E-state index is 12.0. The molecule has 1 amide bonds. The van der Waals surface area contributed by atoms with E-state index in [4.69, 9.17) is 4.74 Å². The summed E-state index contributed by atoms with van der Waals surface area (Å²) in [5, 5.41) is 11.5. The number of anilines is 1. The molecule has 0 saturated heterocycles. The first-order valence-corrected chi connectivity index (χ1v) is 5.87. The van der Waals surface area contributed by atoms with Gasteiger partial charge >= 0.3 is 0 Å². The van der Waals surface area contributed by atoms with Crippen LogP contribution >= 0.6 is 0 Å². The molecule has 2 aromatic rings. The Balaban J connectivity index is 1.98. The van der Waals surface area contributed by atoms with Crippen LogP contribution in [-0.4, -0.2) is 39.0 Å². The number of ketones is 1. The van der Waals surface area contributed by atoms with Crippen LogP contribution in [0, 0.1) is 0 Å². The molecule has 1 aromatic heterocycles. The lowest BCUT2D eigenvalue weighted by atomic mass is 10.1. The number of hydrogen-bond donors (Lipinski definition) is 0. The maximum Gasteiger partial charge on any atom is 0.299 e. The Kier molecular flexibility index (Phi) is 2.70. The minimum absolute atomic E-state index is 0.109. The number of carbonyl (C=O) groups is 2. The maximum atomic E-state index is 12.0. The molecule has 1 aliphatic heterocycles. The molecule has 8 nitrogen and oxygen atoms in total. The number of nitrogens with zero attached hydrogens (tertiary/aromatic N) is 5. The highest BCUT2D eigenvalue weighted by atomic mass is 16.5. The van der Waals surface area contributed by atoms with E-state index in [-0.39, 0.29) is 6.54 Å². The predicted octanol–water partition coefficient (Wildman–Crippen LogP) is -0.0518. The second kappa shape index (κ2) is 4.41. The molecule has 0 aliphatic carbocycles. The molecule has 3 rings (SSSR count). The molecule has 102 valence electrons. The van der Waals surface area contributed by atoms with E-state index in [0.717, 1.165) is 0 Å². The Bertz CT molecular complexity index is 709. The molecule has 0 radical (unpaired) electrons. The van der Waals surface area contributed by atoms with E-state index in [9.17, 15) is 9.59 Å². The number of Topliss-reactive ketones (excluding diaryl/α,β-unsaturated/α-hetero) is 1. The Labute approximate surface area is 113 Å². The fraction of sp³-hybridized carbons (Fsp3) is 0.250. The van der Waals surface area contributed by atoms with Crippen LogP contribution in [0.4, 0.5) is 5.69 Å². The molecule has 0 saturated carbocycles. The molecular weight excluding hydrogens is 262 g/mol. The normalized spacial score (nSPS) is 13.8. The first kappa shape index (κ1) is 12.3. The van der Waals surface area contributed by atoms with Crippen molar-refractivity contribution >= 4 is 17.4 Å². The van der Waals surface area contributed by atoms with E-state index in [1.165, 1.54) is 16.8 Å². The Morgan fingerprint density at radius 2 is 2.10 bits per heavy atom. The van der Waals surface area contributed by atoms with E-state index >= 15 is 0 Å². The number of benzene rings is 1. The molecule has 0 fully saturated rings. The lowest BCUT2D eigenvalue weighted by Crippen LogP contribution is -2.29. The molecule has 0 spiro atoms. The molecule has 20 heavy (non-hydrogen) atoms. The van der Waals surface area contributed by atoms with Crippen molar-refractivity contribution in [1.82, 2.24) is 20.2 Å². The van der Waals surface area contributed by atoms with Crippen molar-refractivity contribution in [2.45, 2.75) is 6.54 Å². The van der Waals surface area contributed by atoms with Crippen molar-refractivity contribution in [2.24, 2.45) is 7.05 Å². The van der Waals surface area contributed by atoms with Crippen LogP contribution in [0.15, 0.2) is 18.2 Å². The zero-order chi connectivity index (χ0) is 14.3. The SMILES string of the molecule is COc1ccc2c(c1)C(=O)C(=O)N2Cc1nnn(C)n1. The highest BCUT2D eigenvalue weighted by Gasteiger charge is 2.36. The molecule has 8 heteroatoms. The van der Waals surface area contributed by atoms with E-state index in [1.807, 2.05) is 0 Å². The minimum Gasteiger partial charge on any atom is -0.497 e. The van der Waals surface area contributed by atoms with Gasteiger partial charge in [0.25, 0.3) is 11.7 Å². The zero-order valence-electron chi connectivity index (χ0n) is 10.9. The van der Waals surface area contributed by atoms with Crippen molar-refractivity contribution in [3.05, 3.63) is 29.6 Å². The summed E-state index contributed by atoms with van der Waals surface area (Å²) in [5.74, 6) is -0.245. The minimum atomic E-state index is -0.597. The third-order valence-electron chi connectivity index (χ3n) is 3.03. The second-order valence-corrected chi connectivity index (χ2v) is 4.30. The average molecular weight is 273 g/mol. The van der Waals surface area contributed by atoms with Crippen molar-refractivity contribution in [3.8, 4) is 5.75 Å². The van der Waals surface area contributed by atoms with Gasteiger partial charge in [-0.15, -0.1) is 10.2 Å². The zero-order valence-corrected chi connectivity index (χ0v) is 10.9. The number of hydrogen-bond acceptors (Lipinski definition) is 6. The van der Waals surface area contributed by atoms with Gasteiger partial charge in [0.1, 0.15) is 5.75 Å². The van der Waals surface area contributed by atoms with Gasteiger partial charge in [0.15, 0.2) is 5.82 Å². The van der Waals surface area contributed by atoms with Gasteiger partial charge in [-0.3, -0.25) is 14.5 Å². The summed E-state index contributed by atoms with van der Waals surface area (Å²) >= 11 is 0. The van der Waals surface area contributed by atoms with Gasteiger partial charge in [0.05, 0.1) is 32.0 Å². The number of fused-ring (bicyclic) bond motifs is 1.